The molecule has 1 aliphatic rings. The van der Waals surface area contributed by atoms with Gasteiger partial charge >= 0.3 is 0 Å². The molecule has 0 amide bonds. The lowest BCUT2D eigenvalue weighted by atomic mass is 9.71. The second kappa shape index (κ2) is 10.00. The van der Waals surface area contributed by atoms with Crippen LogP contribution in [0.2, 0.25) is 0 Å². The highest BCUT2D eigenvalue weighted by Crippen LogP contribution is 2.55. The van der Waals surface area contributed by atoms with Gasteiger partial charge in [0.05, 0.1) is 0 Å². The van der Waals surface area contributed by atoms with Crippen LogP contribution in [0.15, 0.2) is 97.1 Å². The molecule has 0 fully saturated rings. The van der Waals surface area contributed by atoms with E-state index in [9.17, 15) is 0 Å². The van der Waals surface area contributed by atoms with Crippen molar-refractivity contribution in [3.8, 4) is 11.1 Å². The molecule has 35 heavy (non-hydrogen) atoms. The predicted molar refractivity (Wildman–Crippen MR) is 151 cm³/mol. The van der Waals surface area contributed by atoms with Gasteiger partial charge in [-0.25, -0.2) is 0 Å². The average molecular weight is 461 g/mol. The molecule has 4 aromatic carbocycles. The molecule has 0 bridgehead atoms. The third-order valence-electron chi connectivity index (χ3n) is 7.57. The van der Waals surface area contributed by atoms with Gasteiger partial charge in [-0.05, 0) is 77.6 Å². The van der Waals surface area contributed by atoms with Gasteiger partial charge in [0.15, 0.2) is 0 Å². The molecule has 0 radical (unpaired) electrons. The van der Waals surface area contributed by atoms with E-state index in [0.29, 0.717) is 0 Å². The van der Waals surface area contributed by atoms with Crippen LogP contribution in [0.4, 0.5) is 22.7 Å². The lowest BCUT2D eigenvalue weighted by Gasteiger charge is -2.34. The van der Waals surface area contributed by atoms with Crippen molar-refractivity contribution >= 4 is 22.7 Å². The molecule has 178 valence electrons. The van der Waals surface area contributed by atoms with Gasteiger partial charge in [0, 0.05) is 28.2 Å². The second-order valence-corrected chi connectivity index (χ2v) is 9.83. The first-order chi connectivity index (χ1) is 17.2. The van der Waals surface area contributed by atoms with Crippen LogP contribution in [0, 0.1) is 0 Å². The summed E-state index contributed by atoms with van der Waals surface area (Å²) in [5.41, 5.74) is 16.3. The van der Waals surface area contributed by atoms with Crippen molar-refractivity contribution in [2.75, 3.05) is 10.6 Å². The smallest absolute Gasteiger partial charge is 0.0482 e. The molecule has 0 saturated carbocycles. The predicted octanol–water partition coefficient (Wildman–Crippen LogP) is 9.39. The lowest BCUT2D eigenvalue weighted by Crippen LogP contribution is -2.25. The molecular formula is C33H36N2. The van der Waals surface area contributed by atoms with Gasteiger partial charge in [0.1, 0.15) is 0 Å². The number of anilines is 4. The number of unbranched alkanes of at least 4 members (excludes halogenated alkanes) is 2. The Bertz CT molecular complexity index is 1280. The zero-order chi connectivity index (χ0) is 24.3. The SMILES string of the molecule is CCCCC1(CCCC)c2ccccc2-c2ccc(N(c3ccccc3)c3cccc(N)c3)cc21. The molecule has 1 aliphatic carbocycles. The summed E-state index contributed by atoms with van der Waals surface area (Å²) in [5.74, 6) is 0. The van der Waals surface area contributed by atoms with Crippen LogP contribution < -0.4 is 10.6 Å². The Morgan fingerprint density at radius 1 is 0.600 bits per heavy atom. The van der Waals surface area contributed by atoms with Crippen molar-refractivity contribution < 1.29 is 0 Å². The monoisotopic (exact) mass is 460 g/mol. The molecule has 0 atom stereocenters. The number of hydrogen-bond donors (Lipinski definition) is 1. The van der Waals surface area contributed by atoms with E-state index in [2.05, 4.69) is 104 Å². The van der Waals surface area contributed by atoms with Crippen LogP contribution in [0.3, 0.4) is 0 Å². The minimum atomic E-state index is 0.0754. The molecule has 0 saturated heterocycles. The highest BCUT2D eigenvalue weighted by Gasteiger charge is 2.42. The normalized spacial score (nSPS) is 13.3. The Morgan fingerprint density at radius 2 is 1.23 bits per heavy atom. The summed E-state index contributed by atoms with van der Waals surface area (Å²) in [5, 5.41) is 0. The molecule has 0 aromatic heterocycles. The maximum atomic E-state index is 6.23. The summed E-state index contributed by atoms with van der Waals surface area (Å²) in [6.45, 7) is 4.62. The topological polar surface area (TPSA) is 29.3 Å². The molecule has 2 nitrogen and oxygen atoms in total. The maximum Gasteiger partial charge on any atom is 0.0482 e. The van der Waals surface area contributed by atoms with Crippen molar-refractivity contribution in [3.63, 3.8) is 0 Å². The van der Waals surface area contributed by atoms with E-state index in [1.54, 1.807) is 0 Å². The zero-order valence-electron chi connectivity index (χ0n) is 21.0. The standard InChI is InChI=1S/C33H36N2/c1-3-5-21-33(22-6-4-2)31-18-11-10-17-29(31)30-20-19-28(24-32(30)33)35(26-14-8-7-9-15-26)27-16-12-13-25(34)23-27/h7-20,23-24H,3-6,21-22,34H2,1-2H3. The van der Waals surface area contributed by atoms with E-state index in [4.69, 9.17) is 5.73 Å². The largest absolute Gasteiger partial charge is 0.399 e. The molecule has 2 N–H and O–H groups in total. The van der Waals surface area contributed by atoms with E-state index in [-0.39, 0.29) is 5.41 Å². The number of nitrogens with zero attached hydrogens (tertiary/aromatic N) is 1. The quantitative estimate of drug-likeness (QED) is 0.252. The van der Waals surface area contributed by atoms with Crippen LogP contribution in [-0.2, 0) is 5.41 Å². The maximum absolute atomic E-state index is 6.23. The fourth-order valence-corrected chi connectivity index (χ4v) is 5.89. The number of nitrogens with two attached hydrogens (primary N) is 1. The van der Waals surface area contributed by atoms with Crippen LogP contribution in [-0.4, -0.2) is 0 Å². The van der Waals surface area contributed by atoms with E-state index in [1.807, 2.05) is 12.1 Å². The van der Waals surface area contributed by atoms with Gasteiger partial charge in [-0.15, -0.1) is 0 Å². The number of rotatable bonds is 9. The Hall–Kier alpha value is -3.52. The summed E-state index contributed by atoms with van der Waals surface area (Å²) in [6, 6.07) is 35.0. The summed E-state index contributed by atoms with van der Waals surface area (Å²) >= 11 is 0. The first-order valence-electron chi connectivity index (χ1n) is 13.1. The summed E-state index contributed by atoms with van der Waals surface area (Å²) < 4.78 is 0. The van der Waals surface area contributed by atoms with Crippen molar-refractivity contribution in [2.45, 2.75) is 57.8 Å². The molecule has 2 heteroatoms. The Labute approximate surface area is 210 Å². The van der Waals surface area contributed by atoms with E-state index >= 15 is 0 Å². The second-order valence-electron chi connectivity index (χ2n) is 9.83. The fraction of sp³-hybridized carbons (Fsp3) is 0.273. The molecule has 0 spiro atoms. The minimum absolute atomic E-state index is 0.0754. The van der Waals surface area contributed by atoms with Gasteiger partial charge in [-0.3, -0.25) is 0 Å². The van der Waals surface area contributed by atoms with Crippen LogP contribution >= 0.6 is 0 Å². The van der Waals surface area contributed by atoms with Crippen molar-refractivity contribution in [1.29, 1.82) is 0 Å². The van der Waals surface area contributed by atoms with Gasteiger partial charge in [0.2, 0.25) is 0 Å². The van der Waals surface area contributed by atoms with Crippen molar-refractivity contribution in [2.24, 2.45) is 0 Å². The number of para-hydroxylation sites is 1. The van der Waals surface area contributed by atoms with E-state index in [1.165, 1.54) is 66.5 Å². The first-order valence-corrected chi connectivity index (χ1v) is 13.1. The third-order valence-corrected chi connectivity index (χ3v) is 7.57. The van der Waals surface area contributed by atoms with Crippen LogP contribution in [0.25, 0.3) is 11.1 Å². The van der Waals surface area contributed by atoms with Crippen molar-refractivity contribution in [1.82, 2.24) is 0 Å². The van der Waals surface area contributed by atoms with Crippen molar-refractivity contribution in [3.05, 3.63) is 108 Å². The number of nitrogen functional groups attached to an aromatic ring is 1. The Morgan fingerprint density at radius 3 is 1.94 bits per heavy atom. The van der Waals surface area contributed by atoms with E-state index < -0.39 is 0 Å². The molecule has 0 unspecified atom stereocenters. The van der Waals surface area contributed by atoms with Crippen LogP contribution in [0.5, 0.6) is 0 Å². The summed E-state index contributed by atoms with van der Waals surface area (Å²) in [6.07, 6.45) is 7.29. The van der Waals surface area contributed by atoms with Gasteiger partial charge in [0.25, 0.3) is 0 Å². The van der Waals surface area contributed by atoms with Gasteiger partial charge in [-0.1, -0.05) is 94.1 Å². The first kappa shape index (κ1) is 23.2. The summed E-state index contributed by atoms with van der Waals surface area (Å²) in [4.78, 5) is 2.34. The summed E-state index contributed by atoms with van der Waals surface area (Å²) in [7, 11) is 0. The molecule has 0 aliphatic heterocycles. The zero-order valence-corrected chi connectivity index (χ0v) is 21.0. The fourth-order valence-electron chi connectivity index (χ4n) is 5.89. The molecular weight excluding hydrogens is 424 g/mol. The number of hydrogen-bond acceptors (Lipinski definition) is 2. The molecule has 5 rings (SSSR count). The third kappa shape index (κ3) is 4.23. The van der Waals surface area contributed by atoms with Crippen LogP contribution in [0.1, 0.15) is 63.5 Å². The molecule has 4 aromatic rings. The minimum Gasteiger partial charge on any atom is -0.399 e. The van der Waals surface area contributed by atoms with Gasteiger partial charge < -0.3 is 10.6 Å². The van der Waals surface area contributed by atoms with Gasteiger partial charge in [-0.2, -0.15) is 0 Å². The highest BCUT2D eigenvalue weighted by molar-refractivity contribution is 5.86. The lowest BCUT2D eigenvalue weighted by molar-refractivity contribution is 0.414. The van der Waals surface area contributed by atoms with E-state index in [0.717, 1.165) is 17.1 Å². The Kier molecular flexibility index (Phi) is 6.63. The number of benzene rings is 4. The molecule has 0 heterocycles. The highest BCUT2D eigenvalue weighted by atomic mass is 15.1. The average Bonchev–Trinajstić information content (AvgIpc) is 3.16. The number of fused-ring (bicyclic) bond motifs is 3. The Balaban J connectivity index is 1.71.